The van der Waals surface area contributed by atoms with Gasteiger partial charge in [0, 0.05) is 13.5 Å². The Kier molecular flexibility index (Phi) is 4.79. The Morgan fingerprint density at radius 3 is 2.46 bits per heavy atom. The lowest BCUT2D eigenvalue weighted by Gasteiger charge is -2.20. The molecule has 0 aliphatic rings. The molecule has 13 heavy (non-hydrogen) atoms. The molecule has 0 saturated heterocycles. The molecule has 0 aromatic heterocycles. The highest BCUT2D eigenvalue weighted by Crippen LogP contribution is 2.11. The summed E-state index contributed by atoms with van der Waals surface area (Å²) in [4.78, 5) is 21.8. The highest BCUT2D eigenvalue weighted by molar-refractivity contribution is 7.78. The lowest BCUT2D eigenvalue weighted by Crippen LogP contribution is -2.43. The summed E-state index contributed by atoms with van der Waals surface area (Å²) in [6.07, 6.45) is 0.128. The normalized spacial score (nSPS) is 14.5. The zero-order valence-corrected chi connectivity index (χ0v) is 8.52. The second-order valence-corrected chi connectivity index (χ2v) is 3.11. The summed E-state index contributed by atoms with van der Waals surface area (Å²) in [5.41, 5.74) is -1.50. The number of hydrogen-bond acceptors (Lipinski definition) is 4. The zero-order valence-electron chi connectivity index (χ0n) is 7.63. The van der Waals surface area contributed by atoms with Crippen LogP contribution in [0.5, 0.6) is 0 Å². The first-order chi connectivity index (χ1) is 5.94. The Morgan fingerprint density at radius 2 is 2.08 bits per heavy atom. The summed E-state index contributed by atoms with van der Waals surface area (Å²) >= 11 is 3.54. The first kappa shape index (κ1) is 12.2. The number of amides is 2. The fourth-order valence-corrected chi connectivity index (χ4v) is 0.907. The van der Waals surface area contributed by atoms with E-state index in [9.17, 15) is 14.7 Å². The van der Waals surface area contributed by atoms with Gasteiger partial charge < -0.3 is 15.1 Å². The quantitative estimate of drug-likeness (QED) is 0.456. The van der Waals surface area contributed by atoms with Crippen LogP contribution in [0.4, 0.5) is 0 Å². The van der Waals surface area contributed by atoms with Gasteiger partial charge in [-0.05, 0) is 13.3 Å². The molecule has 0 aliphatic heterocycles. The average molecular weight is 206 g/mol. The maximum atomic E-state index is 11.0. The van der Waals surface area contributed by atoms with Crippen molar-refractivity contribution < 1.29 is 14.7 Å². The van der Waals surface area contributed by atoms with Crippen molar-refractivity contribution >= 4 is 24.6 Å². The number of hydrogen-bond donors (Lipinski definition) is 4. The third-order valence-corrected chi connectivity index (χ3v) is 1.93. The summed E-state index contributed by atoms with van der Waals surface area (Å²) in [7, 11) is 1.43. The van der Waals surface area contributed by atoms with E-state index in [-0.39, 0.29) is 18.7 Å². The van der Waals surface area contributed by atoms with Crippen LogP contribution in [0.2, 0.25) is 0 Å². The summed E-state index contributed by atoms with van der Waals surface area (Å²) in [6, 6.07) is 0. The molecule has 0 aliphatic carbocycles. The maximum Gasteiger partial charge on any atom is 0.251 e. The predicted octanol–water partition coefficient (Wildman–Crippen LogP) is -0.775. The molecule has 0 spiro atoms. The second-order valence-electron chi connectivity index (χ2n) is 2.89. The van der Waals surface area contributed by atoms with Gasteiger partial charge in [0.1, 0.15) is 5.60 Å². The zero-order chi connectivity index (χ0) is 10.5. The summed E-state index contributed by atoms with van der Waals surface area (Å²) in [5.74, 6) is -0.827. The Hall–Kier alpha value is -0.750. The number of carbonyl (C=O) groups is 2. The number of carbonyl (C=O) groups excluding carboxylic acids is 2. The minimum atomic E-state index is -1.50. The van der Waals surface area contributed by atoms with Crippen molar-refractivity contribution in [2.24, 2.45) is 0 Å². The molecule has 1 atom stereocenters. The van der Waals surface area contributed by atoms with Gasteiger partial charge in [-0.2, -0.15) is 0 Å². The molecular weight excluding hydrogens is 192 g/mol. The molecule has 1 unspecified atom stereocenters. The van der Waals surface area contributed by atoms with Crippen molar-refractivity contribution in [1.29, 1.82) is 0 Å². The number of thiol groups is 1. The Bertz CT molecular complexity index is 206. The predicted molar refractivity (Wildman–Crippen MR) is 51.1 cm³/mol. The number of likely N-dealkylation sites (N-methyl/N-ethyl adjacent to an activating group) is 1. The molecule has 0 aromatic rings. The van der Waals surface area contributed by atoms with Crippen LogP contribution < -0.4 is 10.0 Å². The van der Waals surface area contributed by atoms with E-state index < -0.39 is 11.5 Å². The van der Waals surface area contributed by atoms with Crippen molar-refractivity contribution in [3.8, 4) is 0 Å². The van der Waals surface area contributed by atoms with Gasteiger partial charge in [-0.25, -0.2) is 0 Å². The molecule has 0 fully saturated rings. The molecule has 0 heterocycles. The van der Waals surface area contributed by atoms with E-state index in [1.165, 1.54) is 14.0 Å². The van der Waals surface area contributed by atoms with Crippen LogP contribution in [-0.2, 0) is 9.59 Å². The van der Waals surface area contributed by atoms with Gasteiger partial charge in [0.25, 0.3) is 5.91 Å². The van der Waals surface area contributed by atoms with E-state index in [2.05, 4.69) is 22.9 Å². The first-order valence-corrected chi connectivity index (χ1v) is 4.26. The Morgan fingerprint density at radius 1 is 1.54 bits per heavy atom. The van der Waals surface area contributed by atoms with Gasteiger partial charge >= 0.3 is 0 Å². The molecule has 0 aromatic carbocycles. The fourth-order valence-electron chi connectivity index (χ4n) is 0.796. The largest absolute Gasteiger partial charge is 0.380 e. The van der Waals surface area contributed by atoms with Crippen molar-refractivity contribution in [1.82, 2.24) is 10.0 Å². The van der Waals surface area contributed by atoms with Gasteiger partial charge in [-0.3, -0.25) is 9.59 Å². The van der Waals surface area contributed by atoms with Crippen LogP contribution in [0.15, 0.2) is 0 Å². The van der Waals surface area contributed by atoms with E-state index >= 15 is 0 Å². The first-order valence-electron chi connectivity index (χ1n) is 3.81. The molecule has 76 valence electrons. The molecule has 5 nitrogen and oxygen atoms in total. The summed E-state index contributed by atoms with van der Waals surface area (Å²) in [5, 5.41) is 11.8. The molecule has 6 heteroatoms. The molecule has 0 saturated carbocycles. The smallest absolute Gasteiger partial charge is 0.251 e. The third kappa shape index (κ3) is 4.14. The van der Waals surface area contributed by atoms with Crippen molar-refractivity contribution in [3.05, 3.63) is 0 Å². The summed E-state index contributed by atoms with van der Waals surface area (Å²) < 4.78 is 2.11. The lowest BCUT2D eigenvalue weighted by molar-refractivity contribution is -0.138. The van der Waals surface area contributed by atoms with Crippen molar-refractivity contribution in [2.45, 2.75) is 25.4 Å². The molecule has 0 rings (SSSR count). The highest BCUT2D eigenvalue weighted by Gasteiger charge is 2.29. The van der Waals surface area contributed by atoms with Crippen LogP contribution in [0.25, 0.3) is 0 Å². The standard InChI is InChI=1S/C7H14N2O3S/c1-7(12,6(11)8-2)4-3-5(10)9-13/h12-13H,3-4H2,1-2H3,(H,8,11)(H,9,10). The topological polar surface area (TPSA) is 78.4 Å². The van der Waals surface area contributed by atoms with E-state index in [1.54, 1.807) is 0 Å². The monoisotopic (exact) mass is 206 g/mol. The fraction of sp³-hybridized carbons (Fsp3) is 0.714. The number of rotatable bonds is 4. The molecule has 0 bridgehead atoms. The summed E-state index contributed by atoms with van der Waals surface area (Å²) in [6.45, 7) is 1.36. The molecule has 0 radical (unpaired) electrons. The van der Waals surface area contributed by atoms with Crippen molar-refractivity contribution in [3.63, 3.8) is 0 Å². The molecule has 3 N–H and O–H groups in total. The van der Waals surface area contributed by atoms with E-state index in [0.717, 1.165) is 0 Å². The average Bonchev–Trinajstić information content (AvgIpc) is 2.12. The second kappa shape index (κ2) is 5.08. The number of aliphatic hydroxyl groups is 1. The Balaban J connectivity index is 4.03. The van der Waals surface area contributed by atoms with Gasteiger partial charge in [0.05, 0.1) is 0 Å². The Labute approximate surface area is 82.4 Å². The van der Waals surface area contributed by atoms with Crippen LogP contribution in [0, 0.1) is 0 Å². The van der Waals surface area contributed by atoms with Crippen LogP contribution in [0.1, 0.15) is 19.8 Å². The molecular formula is C7H14N2O3S. The number of nitrogens with one attached hydrogen (secondary N) is 2. The van der Waals surface area contributed by atoms with Crippen molar-refractivity contribution in [2.75, 3.05) is 7.05 Å². The van der Waals surface area contributed by atoms with Gasteiger partial charge in [0.2, 0.25) is 5.91 Å². The van der Waals surface area contributed by atoms with Gasteiger partial charge in [-0.15, -0.1) is 0 Å². The van der Waals surface area contributed by atoms with Crippen LogP contribution >= 0.6 is 12.8 Å². The van der Waals surface area contributed by atoms with Crippen LogP contribution in [-0.4, -0.2) is 29.6 Å². The van der Waals surface area contributed by atoms with E-state index in [4.69, 9.17) is 0 Å². The van der Waals surface area contributed by atoms with Crippen LogP contribution in [0.3, 0.4) is 0 Å². The minimum Gasteiger partial charge on any atom is -0.380 e. The third-order valence-electron chi connectivity index (χ3n) is 1.68. The lowest BCUT2D eigenvalue weighted by atomic mass is 9.99. The SMILES string of the molecule is CNC(=O)C(C)(O)CCC(=O)NS. The van der Waals surface area contributed by atoms with E-state index in [1.807, 2.05) is 0 Å². The highest BCUT2D eigenvalue weighted by atomic mass is 32.1. The van der Waals surface area contributed by atoms with E-state index in [0.29, 0.717) is 0 Å². The van der Waals surface area contributed by atoms with Gasteiger partial charge in [-0.1, -0.05) is 12.8 Å². The maximum absolute atomic E-state index is 11.0. The van der Waals surface area contributed by atoms with Gasteiger partial charge in [0.15, 0.2) is 0 Å². The minimum absolute atomic E-state index is 0.0594. The molecule has 2 amide bonds.